The van der Waals surface area contributed by atoms with Crippen LogP contribution in [0.2, 0.25) is 10.0 Å². The molecule has 0 atom stereocenters. The normalized spacial score (nSPS) is 13.8. The molecule has 6 heteroatoms. The van der Waals surface area contributed by atoms with Gasteiger partial charge >= 0.3 is 0 Å². The first-order valence-electron chi connectivity index (χ1n) is 5.63. The van der Waals surface area contributed by atoms with E-state index in [9.17, 15) is 14.4 Å². The Balaban J connectivity index is 2.22. The van der Waals surface area contributed by atoms with Gasteiger partial charge in [-0.25, -0.2) is 0 Å². The smallest absolute Gasteiger partial charge is 0.273 e. The van der Waals surface area contributed by atoms with Gasteiger partial charge < -0.3 is 5.21 Å². The predicted octanol–water partition coefficient (Wildman–Crippen LogP) is 3.96. The molecule has 0 unspecified atom stereocenters. The third kappa shape index (κ3) is 1.88. The van der Waals surface area contributed by atoms with E-state index in [1.807, 2.05) is 0 Å². The molecule has 100 valence electrons. The summed E-state index contributed by atoms with van der Waals surface area (Å²) in [5, 5.41) is 12.7. The third-order valence-electron chi connectivity index (χ3n) is 3.01. The van der Waals surface area contributed by atoms with Crippen LogP contribution in [0, 0.1) is 11.0 Å². The van der Waals surface area contributed by atoms with Gasteiger partial charge in [-0.2, -0.15) is 9.13 Å². The van der Waals surface area contributed by atoms with Crippen LogP contribution in [0.15, 0.2) is 36.4 Å². The van der Waals surface area contributed by atoms with Crippen LogP contribution in [-0.2, 0) is 0 Å². The van der Waals surface area contributed by atoms with Crippen LogP contribution in [0.25, 0.3) is 0 Å². The van der Waals surface area contributed by atoms with Crippen molar-refractivity contribution in [3.8, 4) is 0 Å². The average molecular weight is 310 g/mol. The molecule has 0 amide bonds. The standard InChI is InChI=1S/C14H6Cl2FNO2/c15-8-3-1-7(2-4-8)12-14(19)10-5-9(16)6-11(17)13(10)18(12)20/h1-6H. The van der Waals surface area contributed by atoms with Crippen molar-refractivity contribution in [3.05, 3.63) is 68.6 Å². The predicted molar refractivity (Wildman–Crippen MR) is 74.6 cm³/mol. The van der Waals surface area contributed by atoms with E-state index in [-0.39, 0.29) is 22.0 Å². The van der Waals surface area contributed by atoms with Crippen LogP contribution in [0.1, 0.15) is 15.9 Å². The van der Waals surface area contributed by atoms with Crippen molar-refractivity contribution in [2.24, 2.45) is 0 Å². The molecule has 0 saturated carbocycles. The second kappa shape index (κ2) is 4.58. The van der Waals surface area contributed by atoms with E-state index in [0.717, 1.165) is 6.07 Å². The molecule has 1 aliphatic rings. The van der Waals surface area contributed by atoms with E-state index in [4.69, 9.17) is 23.2 Å². The zero-order chi connectivity index (χ0) is 14.4. The SMILES string of the molecule is O=C1C(c2ccc(Cl)cc2)=[N+]([O-])c2c(F)cc(Cl)cc21. The number of carbonyl (C=O) groups is 1. The number of halogens is 3. The van der Waals surface area contributed by atoms with Gasteiger partial charge in [0.15, 0.2) is 5.82 Å². The molecule has 0 N–H and O–H groups in total. The molecule has 20 heavy (non-hydrogen) atoms. The summed E-state index contributed by atoms with van der Waals surface area (Å²) in [5.74, 6) is -1.38. The Bertz CT molecular complexity index is 769. The fourth-order valence-electron chi connectivity index (χ4n) is 2.13. The zero-order valence-electron chi connectivity index (χ0n) is 9.86. The molecule has 0 saturated heterocycles. The number of ketones is 1. The molecule has 0 bridgehead atoms. The van der Waals surface area contributed by atoms with Crippen LogP contribution in [-0.4, -0.2) is 16.2 Å². The number of carbonyl (C=O) groups excluding carboxylic acids is 1. The minimum atomic E-state index is -0.820. The van der Waals surface area contributed by atoms with E-state index in [1.54, 1.807) is 12.1 Å². The largest absolute Gasteiger partial charge is 0.618 e. The van der Waals surface area contributed by atoms with Crippen LogP contribution < -0.4 is 0 Å². The summed E-state index contributed by atoms with van der Waals surface area (Å²) in [7, 11) is 0. The molecular weight excluding hydrogens is 304 g/mol. The minimum Gasteiger partial charge on any atom is -0.618 e. The molecule has 3 rings (SSSR count). The fourth-order valence-corrected chi connectivity index (χ4v) is 2.46. The van der Waals surface area contributed by atoms with Crippen molar-refractivity contribution in [3.63, 3.8) is 0 Å². The number of nitrogens with zero attached hydrogens (tertiary/aromatic N) is 1. The average Bonchev–Trinajstić information content (AvgIpc) is 2.63. The van der Waals surface area contributed by atoms with Crippen molar-refractivity contribution in [1.82, 2.24) is 0 Å². The van der Waals surface area contributed by atoms with E-state index >= 15 is 0 Å². The van der Waals surface area contributed by atoms with Gasteiger partial charge in [0.25, 0.3) is 17.2 Å². The second-order valence-corrected chi connectivity index (χ2v) is 5.14. The topological polar surface area (TPSA) is 43.1 Å². The van der Waals surface area contributed by atoms with Crippen LogP contribution in [0.3, 0.4) is 0 Å². The lowest BCUT2D eigenvalue weighted by Crippen LogP contribution is -2.16. The van der Waals surface area contributed by atoms with Gasteiger partial charge in [-0.15, -0.1) is 0 Å². The van der Waals surface area contributed by atoms with E-state index in [2.05, 4.69) is 0 Å². The summed E-state index contributed by atoms with van der Waals surface area (Å²) in [6.07, 6.45) is 0. The first kappa shape index (κ1) is 13.1. The lowest BCUT2D eigenvalue weighted by molar-refractivity contribution is -0.358. The molecule has 0 aromatic heterocycles. The summed E-state index contributed by atoms with van der Waals surface area (Å²) in [5.41, 5.74) is -0.0988. The lowest BCUT2D eigenvalue weighted by Gasteiger charge is -2.03. The molecule has 0 spiro atoms. The van der Waals surface area contributed by atoms with Crippen molar-refractivity contribution < 1.29 is 13.9 Å². The molecule has 1 heterocycles. The van der Waals surface area contributed by atoms with Gasteiger partial charge in [0, 0.05) is 10.0 Å². The molecular formula is C14H6Cl2FNO2. The molecule has 0 radical (unpaired) electrons. The first-order chi connectivity index (χ1) is 9.49. The van der Waals surface area contributed by atoms with Gasteiger partial charge in [-0.1, -0.05) is 23.2 Å². The van der Waals surface area contributed by atoms with Crippen LogP contribution in [0.4, 0.5) is 10.1 Å². The molecule has 0 fully saturated rings. The minimum absolute atomic E-state index is 0.0325. The monoisotopic (exact) mass is 309 g/mol. The first-order valence-corrected chi connectivity index (χ1v) is 6.38. The highest BCUT2D eigenvalue weighted by atomic mass is 35.5. The molecule has 3 nitrogen and oxygen atoms in total. The summed E-state index contributed by atoms with van der Waals surface area (Å²) < 4.78 is 14.1. The van der Waals surface area contributed by atoms with Crippen molar-refractivity contribution in [1.29, 1.82) is 0 Å². The lowest BCUT2D eigenvalue weighted by atomic mass is 10.0. The number of hydrogen-bond donors (Lipinski definition) is 0. The van der Waals surface area contributed by atoms with E-state index in [1.165, 1.54) is 18.2 Å². The summed E-state index contributed by atoms with van der Waals surface area (Å²) in [4.78, 5) is 12.3. The Labute approximate surface area is 123 Å². The highest BCUT2D eigenvalue weighted by Crippen LogP contribution is 2.33. The van der Waals surface area contributed by atoms with E-state index < -0.39 is 11.6 Å². The summed E-state index contributed by atoms with van der Waals surface area (Å²) in [6, 6.07) is 8.46. The number of rotatable bonds is 1. The van der Waals surface area contributed by atoms with Gasteiger partial charge in [0.2, 0.25) is 0 Å². The van der Waals surface area contributed by atoms with Crippen LogP contribution in [0.5, 0.6) is 0 Å². The summed E-state index contributed by atoms with van der Waals surface area (Å²) >= 11 is 11.5. The van der Waals surface area contributed by atoms with Crippen LogP contribution >= 0.6 is 23.2 Å². The van der Waals surface area contributed by atoms with Crippen molar-refractivity contribution in [2.45, 2.75) is 0 Å². The third-order valence-corrected chi connectivity index (χ3v) is 3.48. The Hall–Kier alpha value is -1.91. The molecule has 2 aromatic carbocycles. The molecule has 0 aliphatic carbocycles. The number of fused-ring (bicyclic) bond motifs is 1. The van der Waals surface area contributed by atoms with Crippen molar-refractivity contribution >= 4 is 40.4 Å². The van der Waals surface area contributed by atoms with E-state index in [0.29, 0.717) is 15.3 Å². The molecule has 1 aliphatic heterocycles. The van der Waals surface area contributed by atoms with Gasteiger partial charge in [0.1, 0.15) is 5.56 Å². The number of hydrogen-bond acceptors (Lipinski definition) is 2. The quantitative estimate of drug-likeness (QED) is 0.591. The maximum Gasteiger partial charge on any atom is 0.273 e. The Kier molecular flexibility index (Phi) is 3.00. The maximum atomic E-state index is 13.8. The number of benzene rings is 2. The summed E-state index contributed by atoms with van der Waals surface area (Å²) in [6.45, 7) is 0. The zero-order valence-corrected chi connectivity index (χ0v) is 11.4. The fraction of sp³-hybridized carbons (Fsp3) is 0. The Morgan fingerprint density at radius 3 is 2.35 bits per heavy atom. The van der Waals surface area contributed by atoms with Gasteiger partial charge in [0.05, 0.1) is 5.56 Å². The van der Waals surface area contributed by atoms with Gasteiger partial charge in [-0.3, -0.25) is 4.79 Å². The van der Waals surface area contributed by atoms with Crippen molar-refractivity contribution in [2.75, 3.05) is 0 Å². The second-order valence-electron chi connectivity index (χ2n) is 4.26. The molecule has 2 aromatic rings. The van der Waals surface area contributed by atoms with Gasteiger partial charge in [-0.05, 0) is 36.4 Å². The maximum absolute atomic E-state index is 13.8. The number of Topliss-reactive ketones (excluding diaryl/α,β-unsaturated/α-hetero) is 1. The Morgan fingerprint density at radius 2 is 1.70 bits per heavy atom. The Morgan fingerprint density at radius 1 is 1.05 bits per heavy atom. The highest BCUT2D eigenvalue weighted by molar-refractivity contribution is 6.52. The highest BCUT2D eigenvalue weighted by Gasteiger charge is 2.39.